The lowest BCUT2D eigenvalue weighted by molar-refractivity contribution is -0.345. The van der Waals surface area contributed by atoms with Crippen molar-refractivity contribution in [2.24, 2.45) is 17.6 Å². The molecular formula is C41H61NO11. The van der Waals surface area contributed by atoms with Crippen molar-refractivity contribution in [1.82, 2.24) is 0 Å². The summed E-state index contributed by atoms with van der Waals surface area (Å²) < 4.78 is 60.4. The Labute approximate surface area is 313 Å². The molecule has 3 N–H and O–H groups in total. The van der Waals surface area contributed by atoms with Crippen molar-refractivity contribution < 1.29 is 52.5 Å². The van der Waals surface area contributed by atoms with E-state index < -0.39 is 18.0 Å². The van der Waals surface area contributed by atoms with E-state index in [0.29, 0.717) is 12.8 Å². The van der Waals surface area contributed by atoms with Gasteiger partial charge in [0.05, 0.1) is 67.1 Å². The number of aliphatic hydroxyl groups is 1. The second kappa shape index (κ2) is 14.9. The topological polar surface area (TPSA) is 146 Å². The van der Waals surface area contributed by atoms with Crippen LogP contribution in [-0.2, 0) is 47.4 Å². The number of hydrogen-bond acceptors (Lipinski definition) is 12. The quantitative estimate of drug-likeness (QED) is 0.404. The number of hydrogen-bond donors (Lipinski definition) is 2. The number of nitrogens with two attached hydrogens (primary N) is 1. The molecule has 12 nitrogen and oxygen atoms in total. The molecule has 0 aliphatic carbocycles. The van der Waals surface area contributed by atoms with Gasteiger partial charge in [0.1, 0.15) is 36.3 Å². The Morgan fingerprint density at radius 1 is 0.774 bits per heavy atom. The van der Waals surface area contributed by atoms with E-state index in [4.69, 9.17) is 48.4 Å². The summed E-state index contributed by atoms with van der Waals surface area (Å²) in [5.41, 5.74) is 8.03. The number of methoxy groups -OCH3 is 1. The molecule has 0 amide bonds. The van der Waals surface area contributed by atoms with Gasteiger partial charge in [-0.15, -0.1) is 0 Å². The van der Waals surface area contributed by atoms with Crippen LogP contribution in [0.1, 0.15) is 96.8 Å². The van der Waals surface area contributed by atoms with Crippen LogP contribution >= 0.6 is 0 Å². The summed E-state index contributed by atoms with van der Waals surface area (Å²) >= 11 is 0. The van der Waals surface area contributed by atoms with Gasteiger partial charge in [0, 0.05) is 58.1 Å². The predicted molar refractivity (Wildman–Crippen MR) is 191 cm³/mol. The number of ether oxygens (including phenoxy) is 9. The van der Waals surface area contributed by atoms with Crippen molar-refractivity contribution in [3.63, 3.8) is 0 Å². The molecule has 0 saturated carbocycles. The lowest BCUT2D eigenvalue weighted by atomic mass is 9.81. The van der Waals surface area contributed by atoms with Gasteiger partial charge in [-0.3, -0.25) is 4.79 Å². The highest BCUT2D eigenvalue weighted by molar-refractivity contribution is 5.79. The molecule has 11 bridgehead atoms. The Balaban J connectivity index is 0.998. The summed E-state index contributed by atoms with van der Waals surface area (Å²) in [4.78, 5) is 14.1. The lowest BCUT2D eigenvalue weighted by Crippen LogP contribution is -2.62. The number of carbonyl (C=O) groups excluding carboxylic acids is 1. The molecule has 296 valence electrons. The number of fused-ring (bicyclic) bond motifs is 6. The first-order chi connectivity index (χ1) is 25.6. The molecule has 12 heteroatoms. The summed E-state index contributed by atoms with van der Waals surface area (Å²) in [6.45, 7) is 11.3. The zero-order chi connectivity index (χ0) is 36.6. The van der Waals surface area contributed by atoms with Gasteiger partial charge < -0.3 is 53.5 Å². The molecule has 0 aromatic carbocycles. The highest BCUT2D eigenvalue weighted by Crippen LogP contribution is 2.52. The minimum Gasteiger partial charge on any atom is -0.392 e. The highest BCUT2D eigenvalue weighted by atomic mass is 16.8. The number of ketones is 1. The summed E-state index contributed by atoms with van der Waals surface area (Å²) in [6.07, 6.45) is 5.87. The van der Waals surface area contributed by atoms with E-state index in [2.05, 4.69) is 20.1 Å². The molecule has 9 aliphatic heterocycles. The molecule has 14 unspecified atom stereocenters. The molecule has 19 atom stereocenters. The standard InChI is InChI=1S/C41H61NO11/c1-20-13-25-5-7-29-21(2)14-27(46-29)9-11-41-12-10-31-37(52-41)38-39(51-31)40(53-41)36-30(50-38)8-6-26(48-36)15-23(43)16-28-33(18-32(47-25)22(20)3)49-34(35(28)45-4)17-24(44)19-42/h20,24-40,44H,2-3,5-19,42H2,1,4H3/t20-,24?,25?,26?,27?,28?,29?,30+,31-,32?,33+,34?,35-,36?,37?,38?,39?,40?,41?/m1/s1. The Morgan fingerprint density at radius 3 is 2.30 bits per heavy atom. The molecule has 9 heterocycles. The van der Waals surface area contributed by atoms with E-state index in [0.717, 1.165) is 75.4 Å². The SMILES string of the molecule is C=C1CC2CCC34CC[C@H]5OC6C(O3)C3OC(CC[C@@H]3OC6C5O4)CC(=O)CC3[C@@H](OC)C(CC(O)CN)O[C@H]3CC3OC(CCC1O2)C[C@@H](C)C3=C. The maximum Gasteiger partial charge on any atom is 0.169 e. The van der Waals surface area contributed by atoms with Gasteiger partial charge in [-0.05, 0) is 68.4 Å². The van der Waals surface area contributed by atoms with Crippen LogP contribution in [-0.4, -0.2) is 128 Å². The minimum atomic E-state index is -0.753. The van der Waals surface area contributed by atoms with Crippen LogP contribution in [0.4, 0.5) is 0 Å². The first-order valence-corrected chi connectivity index (χ1v) is 20.7. The second-order valence-corrected chi connectivity index (χ2v) is 17.8. The first kappa shape index (κ1) is 37.3. The third kappa shape index (κ3) is 7.04. The van der Waals surface area contributed by atoms with E-state index in [1.165, 1.54) is 0 Å². The Morgan fingerprint density at radius 2 is 1.49 bits per heavy atom. The summed E-state index contributed by atoms with van der Waals surface area (Å²) in [7, 11) is 1.66. The third-order valence-corrected chi connectivity index (χ3v) is 14.3. The molecule has 53 heavy (non-hydrogen) atoms. The zero-order valence-corrected chi connectivity index (χ0v) is 31.5. The van der Waals surface area contributed by atoms with E-state index in [1.807, 2.05) is 0 Å². The molecule has 0 radical (unpaired) electrons. The second-order valence-electron chi connectivity index (χ2n) is 17.8. The fraction of sp³-hybridized carbons (Fsp3) is 0.878. The highest BCUT2D eigenvalue weighted by Gasteiger charge is 2.66. The van der Waals surface area contributed by atoms with Gasteiger partial charge in [0.2, 0.25) is 0 Å². The van der Waals surface area contributed by atoms with Crippen molar-refractivity contribution in [2.75, 3.05) is 13.7 Å². The predicted octanol–water partition coefficient (Wildman–Crippen LogP) is 3.83. The Bertz CT molecular complexity index is 1400. The Kier molecular flexibility index (Phi) is 10.5. The van der Waals surface area contributed by atoms with Crippen LogP contribution in [0.5, 0.6) is 0 Å². The summed E-state index contributed by atoms with van der Waals surface area (Å²) in [5, 5.41) is 10.6. The van der Waals surface area contributed by atoms with Crippen LogP contribution in [0.25, 0.3) is 0 Å². The fourth-order valence-electron chi connectivity index (χ4n) is 11.4. The van der Waals surface area contributed by atoms with Gasteiger partial charge in [-0.2, -0.15) is 0 Å². The number of rotatable bonds is 4. The van der Waals surface area contributed by atoms with Gasteiger partial charge in [-0.25, -0.2) is 0 Å². The number of carbonyl (C=O) groups is 1. The van der Waals surface area contributed by atoms with E-state index in [9.17, 15) is 9.90 Å². The van der Waals surface area contributed by atoms with E-state index >= 15 is 0 Å². The van der Waals surface area contributed by atoms with Gasteiger partial charge in [-0.1, -0.05) is 20.1 Å². The van der Waals surface area contributed by atoms with Crippen LogP contribution in [0.2, 0.25) is 0 Å². The molecule has 9 rings (SSSR count). The molecule has 9 saturated heterocycles. The molecule has 1 spiro atoms. The molecule has 9 aliphatic rings. The van der Waals surface area contributed by atoms with Crippen LogP contribution < -0.4 is 5.73 Å². The molecule has 9 fully saturated rings. The Hall–Kier alpha value is -1.29. The average Bonchev–Trinajstić information content (AvgIpc) is 3.77. The van der Waals surface area contributed by atoms with Crippen molar-refractivity contribution >= 4 is 5.78 Å². The van der Waals surface area contributed by atoms with Gasteiger partial charge >= 0.3 is 0 Å². The fourth-order valence-corrected chi connectivity index (χ4v) is 11.4. The van der Waals surface area contributed by atoms with Crippen LogP contribution in [0.3, 0.4) is 0 Å². The van der Waals surface area contributed by atoms with Crippen LogP contribution in [0.15, 0.2) is 24.3 Å². The maximum absolute atomic E-state index is 14.1. The minimum absolute atomic E-state index is 0.0133. The average molecular weight is 744 g/mol. The monoisotopic (exact) mass is 743 g/mol. The normalized spacial score (nSPS) is 51.8. The van der Waals surface area contributed by atoms with Gasteiger partial charge in [0.25, 0.3) is 0 Å². The summed E-state index contributed by atoms with van der Waals surface area (Å²) in [6, 6.07) is 0. The zero-order valence-electron chi connectivity index (χ0n) is 31.5. The molecule has 0 aromatic heterocycles. The smallest absolute Gasteiger partial charge is 0.169 e. The van der Waals surface area contributed by atoms with E-state index in [1.54, 1.807) is 7.11 Å². The molecular weight excluding hydrogens is 682 g/mol. The number of aliphatic hydroxyl groups excluding tert-OH is 1. The van der Waals surface area contributed by atoms with Gasteiger partial charge in [0.15, 0.2) is 5.79 Å². The first-order valence-electron chi connectivity index (χ1n) is 20.7. The number of Topliss-reactive ketones (excluding diaryl/α,β-unsaturated/α-hetero) is 1. The maximum atomic E-state index is 14.1. The van der Waals surface area contributed by atoms with E-state index in [-0.39, 0.29) is 122 Å². The van der Waals surface area contributed by atoms with Crippen molar-refractivity contribution in [3.8, 4) is 0 Å². The largest absolute Gasteiger partial charge is 0.392 e. The lowest BCUT2D eigenvalue weighted by Gasteiger charge is -2.49. The van der Waals surface area contributed by atoms with Crippen molar-refractivity contribution in [1.29, 1.82) is 0 Å². The summed E-state index contributed by atoms with van der Waals surface area (Å²) in [5.74, 6) is -0.592. The van der Waals surface area contributed by atoms with Crippen molar-refractivity contribution in [3.05, 3.63) is 24.3 Å². The third-order valence-electron chi connectivity index (χ3n) is 14.3. The van der Waals surface area contributed by atoms with Crippen LogP contribution in [0, 0.1) is 11.8 Å². The molecule has 0 aromatic rings. The van der Waals surface area contributed by atoms with Crippen molar-refractivity contribution in [2.45, 2.75) is 200 Å².